The van der Waals surface area contributed by atoms with Gasteiger partial charge in [-0.1, -0.05) is 92.4 Å². The van der Waals surface area contributed by atoms with Crippen LogP contribution in [0.4, 0.5) is 5.69 Å². The molecule has 8 nitrogen and oxygen atoms in total. The summed E-state index contributed by atoms with van der Waals surface area (Å²) < 4.78 is 14.2. The maximum Gasteiger partial charge on any atom is 0.196 e. The van der Waals surface area contributed by atoms with Crippen molar-refractivity contribution >= 4 is 30.8 Å². The monoisotopic (exact) mass is 924 g/mol. The minimum absolute atomic E-state index is 0.266. The van der Waals surface area contributed by atoms with E-state index in [0.717, 1.165) is 78.6 Å². The Hall–Kier alpha value is -5.58. The lowest BCUT2D eigenvalue weighted by Crippen LogP contribution is -2.47. The third-order valence-corrected chi connectivity index (χ3v) is 18.5. The molecule has 67 heavy (non-hydrogen) atoms. The molecule has 1 saturated heterocycles. The molecular weight excluding hydrogens is 861 g/mol. The molecule has 0 N–H and O–H groups in total. The maximum atomic E-state index is 6.32. The summed E-state index contributed by atoms with van der Waals surface area (Å²) in [7, 11) is -1.15. The number of aryl methyl sites for hydroxylation is 3. The molecule has 3 aromatic heterocycles. The van der Waals surface area contributed by atoms with Crippen LogP contribution in [0, 0.1) is 32.1 Å². The van der Waals surface area contributed by atoms with Crippen LogP contribution < -0.4 is 9.64 Å². The van der Waals surface area contributed by atoms with Crippen molar-refractivity contribution in [2.45, 2.75) is 116 Å². The van der Waals surface area contributed by atoms with E-state index in [1.54, 1.807) is 23.8 Å². The molecule has 1 unspecified atom stereocenters. The number of fused-ring (bicyclic) bond motifs is 4. The van der Waals surface area contributed by atoms with Gasteiger partial charge in [0.1, 0.15) is 28.9 Å². The van der Waals surface area contributed by atoms with E-state index in [4.69, 9.17) is 14.1 Å². The molecule has 4 aliphatic rings. The number of ether oxygens (including phenoxy) is 1. The topological polar surface area (TPSA) is 81.6 Å². The molecule has 7 aromatic rings. The second-order valence-electron chi connectivity index (χ2n) is 21.3. The fraction of sp³-hybridized carbons (Fsp3) is 0.404. The molecule has 0 radical (unpaired) electrons. The molecule has 2 aliphatic heterocycles. The van der Waals surface area contributed by atoms with Crippen LogP contribution in [0.5, 0.6) is 5.75 Å². The Morgan fingerprint density at radius 3 is 2.36 bits per heavy atom. The summed E-state index contributed by atoms with van der Waals surface area (Å²) in [5, 5.41) is 10.3. The van der Waals surface area contributed by atoms with Gasteiger partial charge in [0.25, 0.3) is 0 Å². The molecule has 2 aliphatic carbocycles. The number of hydrogen-bond donors (Lipinski definition) is 0. The van der Waals surface area contributed by atoms with Crippen molar-refractivity contribution in [3.63, 3.8) is 0 Å². The van der Waals surface area contributed by atoms with Crippen molar-refractivity contribution in [1.29, 1.82) is 0 Å². The summed E-state index contributed by atoms with van der Waals surface area (Å²) >= 11 is 1.79. The van der Waals surface area contributed by atoms with Crippen LogP contribution in [0.3, 0.4) is 0 Å². The van der Waals surface area contributed by atoms with Gasteiger partial charge in [-0.05, 0) is 147 Å². The van der Waals surface area contributed by atoms with E-state index in [9.17, 15) is 0 Å². The van der Waals surface area contributed by atoms with Gasteiger partial charge in [-0.3, -0.25) is 9.56 Å². The summed E-state index contributed by atoms with van der Waals surface area (Å²) in [5.74, 6) is 4.90. The zero-order chi connectivity index (χ0) is 45.9. The van der Waals surface area contributed by atoms with Crippen molar-refractivity contribution in [2.75, 3.05) is 24.6 Å². The third-order valence-electron chi connectivity index (χ3n) is 15.7. The number of benzene rings is 4. The van der Waals surface area contributed by atoms with Crippen LogP contribution in [0.25, 0.3) is 5.00 Å². The number of oxazole rings is 1. The van der Waals surface area contributed by atoms with Crippen molar-refractivity contribution in [3.05, 3.63) is 176 Å². The molecule has 0 bridgehead atoms. The first-order valence-corrected chi connectivity index (χ1v) is 29.2. The summed E-state index contributed by atoms with van der Waals surface area (Å²) in [6, 6.07) is 38.0. The Labute approximate surface area is 401 Å². The molecule has 344 valence electrons. The van der Waals surface area contributed by atoms with Crippen LogP contribution in [0.1, 0.15) is 117 Å². The molecule has 2 fully saturated rings. The molecule has 3 atom stereocenters. The Kier molecular flexibility index (Phi) is 11.7. The average Bonchev–Trinajstić information content (AvgIpc) is 4.03. The molecule has 11 rings (SSSR count). The van der Waals surface area contributed by atoms with Crippen LogP contribution in [-0.2, 0) is 19.3 Å². The Balaban J connectivity index is 0.741. The van der Waals surface area contributed by atoms with Gasteiger partial charge in [0.15, 0.2) is 11.7 Å². The lowest BCUT2D eigenvalue weighted by molar-refractivity contribution is 0.0283. The van der Waals surface area contributed by atoms with Gasteiger partial charge < -0.3 is 14.1 Å². The van der Waals surface area contributed by atoms with E-state index >= 15 is 0 Å². The van der Waals surface area contributed by atoms with E-state index < -0.39 is 8.07 Å². The Morgan fingerprint density at radius 2 is 1.63 bits per heavy atom. The van der Waals surface area contributed by atoms with Crippen LogP contribution in [0.2, 0.25) is 25.7 Å². The van der Waals surface area contributed by atoms with Gasteiger partial charge in [-0.15, -0.1) is 21.5 Å². The van der Waals surface area contributed by atoms with Gasteiger partial charge in [-0.25, -0.2) is 4.98 Å². The fourth-order valence-electron chi connectivity index (χ4n) is 11.9. The summed E-state index contributed by atoms with van der Waals surface area (Å²) in [6.07, 6.45) is 12.4. The highest BCUT2D eigenvalue weighted by Crippen LogP contribution is 2.54. The number of piperidine rings is 1. The predicted octanol–water partition coefficient (Wildman–Crippen LogP) is 13.2. The molecule has 0 amide bonds. The lowest BCUT2D eigenvalue weighted by atomic mass is 9.56. The van der Waals surface area contributed by atoms with Crippen molar-refractivity contribution in [2.24, 2.45) is 16.3 Å². The summed E-state index contributed by atoms with van der Waals surface area (Å²) in [6.45, 7) is 16.8. The van der Waals surface area contributed by atoms with Crippen molar-refractivity contribution in [1.82, 2.24) is 19.7 Å². The second-order valence-corrected chi connectivity index (χ2v) is 28.2. The molecule has 4 aromatic carbocycles. The number of nitrogens with zero attached hydrogens (tertiary/aromatic N) is 6. The predicted molar refractivity (Wildman–Crippen MR) is 275 cm³/mol. The highest BCUT2D eigenvalue weighted by atomic mass is 32.1. The zero-order valence-corrected chi connectivity index (χ0v) is 41.9. The minimum Gasteiger partial charge on any atom is -0.494 e. The first-order valence-electron chi connectivity index (χ1n) is 24.7. The lowest BCUT2D eigenvalue weighted by Gasteiger charge is -2.53. The number of hydrogen-bond acceptors (Lipinski definition) is 8. The Morgan fingerprint density at radius 1 is 0.851 bits per heavy atom. The third kappa shape index (κ3) is 8.76. The van der Waals surface area contributed by atoms with E-state index in [-0.39, 0.29) is 6.04 Å². The van der Waals surface area contributed by atoms with Crippen LogP contribution in [-0.4, -0.2) is 53.2 Å². The van der Waals surface area contributed by atoms with E-state index in [2.05, 4.69) is 155 Å². The zero-order valence-electron chi connectivity index (χ0n) is 40.1. The maximum absolute atomic E-state index is 6.32. The highest BCUT2D eigenvalue weighted by molar-refractivity contribution is 7.15. The standard InChI is InChI=1S/C57H64N6O2SSi/c1-37-38(2)66-56-52(37)54(59-50(34-51-58-26-29-65-51)55-61-60-39(3)63(55)56)44-14-12-40(13-15-44)32-41-35-57(36-41)24-27-62(28-25-57)46-19-16-43(17-20-46)53-48(42-10-8-7-9-11-42)22-18-45-33-47(21-23-49(45)53)64-30-31-67(4,5)6/h7-17,19-21,23,26,29,33,41,48,50,53H,18,22,24-25,27-28,30-32,34-36H2,1-6H3/t48-,50?,53+/m1/s1. The van der Waals surface area contributed by atoms with Crippen LogP contribution >= 0.6 is 11.3 Å². The fourth-order valence-corrected chi connectivity index (χ4v) is 13.8. The quantitative estimate of drug-likeness (QED) is 0.114. The molecule has 5 heterocycles. The van der Waals surface area contributed by atoms with E-state index in [1.807, 2.05) is 6.92 Å². The van der Waals surface area contributed by atoms with Gasteiger partial charge in [-0.2, -0.15) is 0 Å². The van der Waals surface area contributed by atoms with E-state index in [1.165, 1.54) is 81.2 Å². The van der Waals surface area contributed by atoms with Crippen molar-refractivity contribution < 1.29 is 9.15 Å². The number of anilines is 1. The first-order chi connectivity index (χ1) is 32.5. The average molecular weight is 925 g/mol. The molecular formula is C57H64N6O2SSi. The smallest absolute Gasteiger partial charge is 0.196 e. The number of aliphatic imine (C=N–C) groups is 1. The first kappa shape index (κ1) is 44.0. The number of thiophene rings is 1. The summed E-state index contributed by atoms with van der Waals surface area (Å²) in [5.41, 5.74) is 13.6. The van der Waals surface area contributed by atoms with E-state index in [0.29, 0.717) is 29.6 Å². The van der Waals surface area contributed by atoms with Gasteiger partial charge in [0.05, 0.1) is 24.9 Å². The van der Waals surface area contributed by atoms with Gasteiger partial charge >= 0.3 is 0 Å². The number of rotatable bonds is 12. The second kappa shape index (κ2) is 17.8. The largest absolute Gasteiger partial charge is 0.494 e. The van der Waals surface area contributed by atoms with Gasteiger partial charge in [0.2, 0.25) is 0 Å². The molecule has 1 spiro atoms. The Bertz CT molecular complexity index is 2880. The molecule has 10 heteroatoms. The molecule has 1 saturated carbocycles. The summed E-state index contributed by atoms with van der Waals surface area (Å²) in [4.78, 5) is 13.8. The van der Waals surface area contributed by atoms with Gasteiger partial charge in [0, 0.05) is 48.8 Å². The van der Waals surface area contributed by atoms with Crippen molar-refractivity contribution in [3.8, 4) is 10.8 Å². The number of aromatic nitrogens is 4. The SMILES string of the molecule is Cc1sc2c(c1C)C(c1ccc(CC3CC4(CCN(c5ccc([C@@H]6c7ccc(OCC[Si](C)(C)C)cc7CC[C@@H]6c6ccccc6)cc5)CC4)C3)cc1)=NC(Cc1ncco1)c1nnc(C)n1-2. The minimum atomic E-state index is -1.15. The normalized spacial score (nSPS) is 20.1. The highest BCUT2D eigenvalue weighted by Gasteiger charge is 2.45. The van der Waals surface area contributed by atoms with Crippen LogP contribution in [0.15, 0.2) is 119 Å².